The zero-order valence-electron chi connectivity index (χ0n) is 42.2. The molecule has 0 aliphatic carbocycles. The average molecular weight is 877 g/mol. The van der Waals surface area contributed by atoms with E-state index in [0.29, 0.717) is 19.3 Å². The fourth-order valence-electron chi connectivity index (χ4n) is 8.62. The van der Waals surface area contributed by atoms with Crippen LogP contribution in [0.25, 0.3) is 0 Å². The fourth-order valence-corrected chi connectivity index (χ4v) is 8.62. The van der Waals surface area contributed by atoms with E-state index < -0.39 is 6.10 Å². The van der Waals surface area contributed by atoms with Crippen LogP contribution in [0.1, 0.15) is 323 Å². The van der Waals surface area contributed by atoms with Crippen molar-refractivity contribution in [1.82, 2.24) is 0 Å². The maximum Gasteiger partial charge on any atom is 0.306 e. The molecule has 0 aromatic rings. The van der Waals surface area contributed by atoms with Gasteiger partial charge < -0.3 is 14.2 Å². The lowest BCUT2D eigenvalue weighted by molar-refractivity contribution is -0.167. The molecule has 0 aliphatic heterocycles. The number of unbranched alkanes of at least 4 members (excludes halogenated alkanes) is 41. The molecule has 0 amide bonds. The van der Waals surface area contributed by atoms with Gasteiger partial charge in [0.05, 0.1) is 0 Å². The van der Waals surface area contributed by atoms with Crippen LogP contribution >= 0.6 is 0 Å². The van der Waals surface area contributed by atoms with Crippen LogP contribution in [0.3, 0.4) is 0 Å². The van der Waals surface area contributed by atoms with Gasteiger partial charge in [0.2, 0.25) is 0 Å². The van der Waals surface area contributed by atoms with Crippen LogP contribution in [0.2, 0.25) is 0 Å². The summed E-state index contributed by atoms with van der Waals surface area (Å²) in [6.07, 6.45) is 56.5. The number of carbonyl (C=O) groups excluding carboxylic acids is 3. The highest BCUT2D eigenvalue weighted by molar-refractivity contribution is 5.71. The second-order valence-corrected chi connectivity index (χ2v) is 19.2. The summed E-state index contributed by atoms with van der Waals surface area (Å²) in [5, 5.41) is 0. The van der Waals surface area contributed by atoms with Crippen molar-refractivity contribution in [3.8, 4) is 0 Å². The number of ether oxygens (including phenoxy) is 3. The normalized spacial score (nSPS) is 11.9. The molecule has 1 atom stereocenters. The fraction of sp³-hybridized carbons (Fsp3) is 0.946. The zero-order chi connectivity index (χ0) is 45.1. The molecule has 0 heterocycles. The van der Waals surface area contributed by atoms with Crippen molar-refractivity contribution in [2.45, 2.75) is 329 Å². The predicted molar refractivity (Wildman–Crippen MR) is 266 cm³/mol. The minimum absolute atomic E-state index is 0.0612. The minimum Gasteiger partial charge on any atom is -0.462 e. The van der Waals surface area contributed by atoms with E-state index in [1.165, 1.54) is 225 Å². The highest BCUT2D eigenvalue weighted by Gasteiger charge is 2.19. The first-order valence-corrected chi connectivity index (χ1v) is 28.0. The Hall–Kier alpha value is -1.59. The number of carbonyl (C=O) groups is 3. The zero-order valence-corrected chi connectivity index (χ0v) is 42.2. The molecule has 0 radical (unpaired) electrons. The summed E-state index contributed by atoms with van der Waals surface area (Å²) in [6, 6.07) is 0. The lowest BCUT2D eigenvalue weighted by atomic mass is 10.0. The smallest absolute Gasteiger partial charge is 0.306 e. The molecule has 0 bridgehead atoms. The van der Waals surface area contributed by atoms with Crippen molar-refractivity contribution in [3.63, 3.8) is 0 Å². The Bertz CT molecular complexity index is 920. The van der Waals surface area contributed by atoms with Crippen molar-refractivity contribution >= 4 is 17.9 Å². The summed E-state index contributed by atoms with van der Waals surface area (Å²) >= 11 is 0. The van der Waals surface area contributed by atoms with Gasteiger partial charge in [0.1, 0.15) is 13.2 Å². The molecule has 368 valence electrons. The van der Waals surface area contributed by atoms with E-state index in [1.807, 2.05) is 0 Å². The van der Waals surface area contributed by atoms with Gasteiger partial charge in [-0.1, -0.05) is 284 Å². The van der Waals surface area contributed by atoms with Crippen LogP contribution in [0, 0.1) is 0 Å². The highest BCUT2D eigenvalue weighted by atomic mass is 16.6. The van der Waals surface area contributed by atoms with Gasteiger partial charge in [0.15, 0.2) is 6.10 Å². The molecule has 0 saturated carbocycles. The Morgan fingerprint density at radius 3 is 0.645 bits per heavy atom. The average Bonchev–Trinajstić information content (AvgIpc) is 3.27. The molecular formula is C56H108O6. The number of rotatable bonds is 52. The molecule has 0 spiro atoms. The van der Waals surface area contributed by atoms with Crippen molar-refractivity contribution in [2.24, 2.45) is 0 Å². The van der Waals surface area contributed by atoms with Gasteiger partial charge in [0.25, 0.3) is 0 Å². The molecule has 0 saturated heterocycles. The predicted octanol–water partition coefficient (Wildman–Crippen LogP) is 18.4. The van der Waals surface area contributed by atoms with Crippen LogP contribution in [0.15, 0.2) is 0 Å². The monoisotopic (exact) mass is 877 g/mol. The minimum atomic E-state index is -0.760. The second-order valence-electron chi connectivity index (χ2n) is 19.2. The van der Waals surface area contributed by atoms with E-state index >= 15 is 0 Å². The molecule has 1 unspecified atom stereocenters. The lowest BCUT2D eigenvalue weighted by Crippen LogP contribution is -2.30. The van der Waals surface area contributed by atoms with Gasteiger partial charge in [-0.25, -0.2) is 0 Å². The molecule has 0 aromatic carbocycles. The molecule has 0 rings (SSSR count). The molecule has 0 N–H and O–H groups in total. The summed E-state index contributed by atoms with van der Waals surface area (Å²) in [5.41, 5.74) is 0. The Balaban J connectivity index is 4.29. The second kappa shape index (κ2) is 52.0. The maximum atomic E-state index is 12.8. The number of hydrogen-bond acceptors (Lipinski definition) is 6. The summed E-state index contributed by atoms with van der Waals surface area (Å²) in [6.45, 7) is 6.70. The highest BCUT2D eigenvalue weighted by Crippen LogP contribution is 2.17. The van der Waals surface area contributed by atoms with Crippen molar-refractivity contribution < 1.29 is 28.6 Å². The first-order valence-electron chi connectivity index (χ1n) is 28.0. The van der Waals surface area contributed by atoms with E-state index in [1.54, 1.807) is 0 Å². The Morgan fingerprint density at radius 2 is 0.435 bits per heavy atom. The third-order valence-corrected chi connectivity index (χ3v) is 12.9. The van der Waals surface area contributed by atoms with Gasteiger partial charge in [-0.15, -0.1) is 0 Å². The Labute approximate surface area is 387 Å². The molecule has 0 aliphatic rings. The van der Waals surface area contributed by atoms with Crippen LogP contribution in [0.5, 0.6) is 0 Å². The van der Waals surface area contributed by atoms with Gasteiger partial charge in [-0.05, 0) is 19.3 Å². The van der Waals surface area contributed by atoms with Crippen LogP contribution in [0.4, 0.5) is 0 Å². The van der Waals surface area contributed by atoms with Crippen LogP contribution in [-0.4, -0.2) is 37.2 Å². The summed E-state index contributed by atoms with van der Waals surface area (Å²) in [4.78, 5) is 38.1. The molecule has 6 nitrogen and oxygen atoms in total. The Kier molecular flexibility index (Phi) is 50.7. The van der Waals surface area contributed by atoms with Crippen LogP contribution in [-0.2, 0) is 28.6 Å². The first-order chi connectivity index (χ1) is 30.5. The van der Waals surface area contributed by atoms with Gasteiger partial charge >= 0.3 is 17.9 Å². The molecule has 6 heteroatoms. The van der Waals surface area contributed by atoms with Crippen LogP contribution < -0.4 is 0 Å². The van der Waals surface area contributed by atoms with Crippen molar-refractivity contribution in [2.75, 3.05) is 13.2 Å². The SMILES string of the molecule is CCCCCCCCCCCCCCCCCCC(=O)OCC(COC(=O)CCCCCCCCCCCCCCCC)OC(=O)CCCCCCCCCCCCCCCC. The van der Waals surface area contributed by atoms with E-state index in [9.17, 15) is 14.4 Å². The van der Waals surface area contributed by atoms with Crippen molar-refractivity contribution in [3.05, 3.63) is 0 Å². The third kappa shape index (κ3) is 49.4. The summed E-state index contributed by atoms with van der Waals surface area (Å²) in [5.74, 6) is -0.834. The molecule has 62 heavy (non-hydrogen) atoms. The molecule has 0 aromatic heterocycles. The van der Waals surface area contributed by atoms with Gasteiger partial charge in [-0.3, -0.25) is 14.4 Å². The standard InChI is InChI=1S/C56H108O6/c1-4-7-10-13-16-19-22-25-28-29-32-34-37-40-43-46-49-55(58)61-52-53(62-56(59)50-47-44-41-38-35-31-27-24-21-18-15-12-9-6-3)51-60-54(57)48-45-42-39-36-33-30-26-23-20-17-14-11-8-5-2/h53H,4-52H2,1-3H3. The number of esters is 3. The number of hydrogen-bond donors (Lipinski definition) is 0. The van der Waals surface area contributed by atoms with Gasteiger partial charge in [-0.2, -0.15) is 0 Å². The lowest BCUT2D eigenvalue weighted by Gasteiger charge is -2.18. The topological polar surface area (TPSA) is 78.9 Å². The quantitative estimate of drug-likeness (QED) is 0.0344. The van der Waals surface area contributed by atoms with E-state index in [-0.39, 0.29) is 31.1 Å². The third-order valence-electron chi connectivity index (χ3n) is 12.9. The molecular weight excluding hydrogens is 769 g/mol. The first kappa shape index (κ1) is 60.4. The largest absolute Gasteiger partial charge is 0.462 e. The van der Waals surface area contributed by atoms with E-state index in [2.05, 4.69) is 20.8 Å². The summed E-state index contributed by atoms with van der Waals surface area (Å²) < 4.78 is 16.9. The molecule has 0 fully saturated rings. The van der Waals surface area contributed by atoms with E-state index in [0.717, 1.165) is 57.8 Å². The van der Waals surface area contributed by atoms with Gasteiger partial charge in [0, 0.05) is 19.3 Å². The maximum absolute atomic E-state index is 12.8. The van der Waals surface area contributed by atoms with Crippen molar-refractivity contribution in [1.29, 1.82) is 0 Å². The van der Waals surface area contributed by atoms with E-state index in [4.69, 9.17) is 14.2 Å². The summed E-state index contributed by atoms with van der Waals surface area (Å²) in [7, 11) is 0. The Morgan fingerprint density at radius 1 is 0.258 bits per heavy atom.